The fraction of sp³-hybridized carbons (Fsp3) is 0.333. The van der Waals surface area contributed by atoms with Gasteiger partial charge in [0.05, 0.1) is 12.2 Å². The average Bonchev–Trinajstić information content (AvgIpc) is 2.93. The van der Waals surface area contributed by atoms with Crippen LogP contribution in [0, 0.1) is 13.8 Å². The van der Waals surface area contributed by atoms with Gasteiger partial charge < -0.3 is 9.67 Å². The summed E-state index contributed by atoms with van der Waals surface area (Å²) in [5, 5.41) is 11.0. The number of imidazole rings is 1. The second-order valence-corrected chi connectivity index (χ2v) is 7.96. The molecule has 1 aromatic carbocycles. The van der Waals surface area contributed by atoms with Gasteiger partial charge in [-0.3, -0.25) is 4.98 Å². The van der Waals surface area contributed by atoms with Crippen LogP contribution in [0.3, 0.4) is 0 Å². The van der Waals surface area contributed by atoms with Crippen LogP contribution >= 0.6 is 11.8 Å². The van der Waals surface area contributed by atoms with Crippen molar-refractivity contribution in [2.45, 2.75) is 56.7 Å². The SMILES string of the molecule is Cc1cc(C)cc(Sc2c(C(C)C)nc(CO)n2Cc2ccncc2)c1. The summed E-state index contributed by atoms with van der Waals surface area (Å²) < 4.78 is 2.13. The molecule has 2 aromatic heterocycles. The Morgan fingerprint density at radius 2 is 1.73 bits per heavy atom. The number of aliphatic hydroxyl groups is 1. The van der Waals surface area contributed by atoms with Crippen LogP contribution in [0.25, 0.3) is 0 Å². The lowest BCUT2D eigenvalue weighted by Gasteiger charge is -2.13. The molecule has 0 aliphatic carbocycles. The summed E-state index contributed by atoms with van der Waals surface area (Å²) in [4.78, 5) is 10.0. The van der Waals surface area contributed by atoms with Crippen molar-refractivity contribution >= 4 is 11.8 Å². The maximum atomic E-state index is 9.87. The summed E-state index contributed by atoms with van der Waals surface area (Å²) in [5.41, 5.74) is 4.68. The number of pyridine rings is 1. The predicted octanol–water partition coefficient (Wildman–Crippen LogP) is 4.71. The molecule has 5 heteroatoms. The highest BCUT2D eigenvalue weighted by molar-refractivity contribution is 7.99. The number of hydrogen-bond donors (Lipinski definition) is 1. The van der Waals surface area contributed by atoms with Gasteiger partial charge in [0.2, 0.25) is 0 Å². The summed E-state index contributed by atoms with van der Waals surface area (Å²) >= 11 is 1.73. The Morgan fingerprint density at radius 1 is 1.08 bits per heavy atom. The van der Waals surface area contributed by atoms with Crippen LogP contribution in [0.2, 0.25) is 0 Å². The molecular formula is C21H25N3OS. The van der Waals surface area contributed by atoms with Crippen LogP contribution in [-0.4, -0.2) is 19.6 Å². The maximum Gasteiger partial charge on any atom is 0.136 e. The summed E-state index contributed by atoms with van der Waals surface area (Å²) in [7, 11) is 0. The molecule has 2 heterocycles. The molecule has 136 valence electrons. The first-order chi connectivity index (χ1) is 12.5. The molecule has 0 fully saturated rings. The Bertz CT molecular complexity index is 868. The molecule has 3 rings (SSSR count). The second kappa shape index (κ2) is 8.06. The van der Waals surface area contributed by atoms with Crippen LogP contribution in [0.4, 0.5) is 0 Å². The molecule has 4 nitrogen and oxygen atoms in total. The third kappa shape index (κ3) is 4.17. The quantitative estimate of drug-likeness (QED) is 0.685. The molecule has 0 bridgehead atoms. The van der Waals surface area contributed by atoms with Crippen molar-refractivity contribution in [1.29, 1.82) is 0 Å². The Kier molecular flexibility index (Phi) is 5.79. The van der Waals surface area contributed by atoms with E-state index in [1.54, 1.807) is 24.2 Å². The zero-order valence-corrected chi connectivity index (χ0v) is 16.5. The standard InChI is InChI=1S/C21H25N3OS/c1-14(2)20-21(26-18-10-15(3)9-16(4)11-18)24(19(13-25)23-20)12-17-5-7-22-8-6-17/h5-11,14,25H,12-13H2,1-4H3. The minimum Gasteiger partial charge on any atom is -0.388 e. The molecule has 0 unspecified atom stereocenters. The Morgan fingerprint density at radius 3 is 2.31 bits per heavy atom. The van der Waals surface area contributed by atoms with E-state index in [0.29, 0.717) is 12.4 Å². The van der Waals surface area contributed by atoms with Gasteiger partial charge >= 0.3 is 0 Å². The van der Waals surface area contributed by atoms with Crippen molar-refractivity contribution in [1.82, 2.24) is 14.5 Å². The topological polar surface area (TPSA) is 50.9 Å². The molecule has 0 saturated heterocycles. The number of rotatable bonds is 6. The molecule has 0 radical (unpaired) electrons. The Labute approximate surface area is 159 Å². The third-order valence-electron chi connectivity index (χ3n) is 4.21. The van der Waals surface area contributed by atoms with Crippen LogP contribution in [-0.2, 0) is 13.2 Å². The zero-order chi connectivity index (χ0) is 18.7. The molecule has 0 saturated carbocycles. The van der Waals surface area contributed by atoms with E-state index >= 15 is 0 Å². The van der Waals surface area contributed by atoms with Gasteiger partial charge in [0.1, 0.15) is 17.5 Å². The molecule has 1 N–H and O–H groups in total. The largest absolute Gasteiger partial charge is 0.388 e. The van der Waals surface area contributed by atoms with Gasteiger partial charge in [0, 0.05) is 17.3 Å². The fourth-order valence-electron chi connectivity index (χ4n) is 3.04. The van der Waals surface area contributed by atoms with Crippen molar-refractivity contribution in [3.8, 4) is 0 Å². The highest BCUT2D eigenvalue weighted by atomic mass is 32.2. The fourth-order valence-corrected chi connectivity index (χ4v) is 4.42. The monoisotopic (exact) mass is 367 g/mol. The van der Waals surface area contributed by atoms with Crippen LogP contribution < -0.4 is 0 Å². The first kappa shape index (κ1) is 18.7. The van der Waals surface area contributed by atoms with Crippen LogP contribution in [0.15, 0.2) is 52.6 Å². The molecule has 26 heavy (non-hydrogen) atoms. The number of hydrogen-bond acceptors (Lipinski definition) is 4. The highest BCUT2D eigenvalue weighted by Crippen LogP contribution is 2.36. The molecule has 0 atom stereocenters. The minimum absolute atomic E-state index is 0.0712. The summed E-state index contributed by atoms with van der Waals surface area (Å²) in [6.45, 7) is 9.13. The number of aromatic nitrogens is 3. The van der Waals surface area contributed by atoms with Crippen molar-refractivity contribution in [3.05, 3.63) is 70.9 Å². The Balaban J connectivity index is 2.07. The highest BCUT2D eigenvalue weighted by Gasteiger charge is 2.20. The van der Waals surface area contributed by atoms with Gasteiger partial charge in [-0.1, -0.05) is 31.7 Å². The van der Waals surface area contributed by atoms with Crippen LogP contribution in [0.1, 0.15) is 48.0 Å². The van der Waals surface area contributed by atoms with Gasteiger partial charge in [-0.05, 0) is 60.7 Å². The van der Waals surface area contributed by atoms with E-state index in [9.17, 15) is 5.11 Å². The average molecular weight is 368 g/mol. The molecule has 0 aliphatic heterocycles. The van der Waals surface area contributed by atoms with Crippen molar-refractivity contribution in [3.63, 3.8) is 0 Å². The van der Waals surface area contributed by atoms with Crippen molar-refractivity contribution in [2.24, 2.45) is 0 Å². The maximum absolute atomic E-state index is 9.87. The summed E-state index contributed by atoms with van der Waals surface area (Å²) in [6.07, 6.45) is 3.59. The third-order valence-corrected chi connectivity index (χ3v) is 5.31. The van der Waals surface area contributed by atoms with E-state index in [1.165, 1.54) is 16.0 Å². The number of aliphatic hydroxyl groups excluding tert-OH is 1. The first-order valence-corrected chi connectivity index (χ1v) is 9.64. The minimum atomic E-state index is -0.0712. The molecule has 0 amide bonds. The number of aryl methyl sites for hydroxylation is 2. The zero-order valence-electron chi connectivity index (χ0n) is 15.7. The van der Waals surface area contributed by atoms with E-state index in [4.69, 9.17) is 4.98 Å². The summed E-state index contributed by atoms with van der Waals surface area (Å²) in [5.74, 6) is 0.991. The smallest absolute Gasteiger partial charge is 0.136 e. The lowest BCUT2D eigenvalue weighted by molar-refractivity contribution is 0.265. The van der Waals surface area contributed by atoms with E-state index in [1.807, 2.05) is 12.1 Å². The van der Waals surface area contributed by atoms with Gasteiger partial charge in [-0.2, -0.15) is 0 Å². The normalized spacial score (nSPS) is 11.3. The molecular weight excluding hydrogens is 342 g/mol. The predicted molar refractivity (Wildman–Crippen MR) is 106 cm³/mol. The van der Waals surface area contributed by atoms with Gasteiger partial charge in [-0.15, -0.1) is 0 Å². The van der Waals surface area contributed by atoms with Gasteiger partial charge in [-0.25, -0.2) is 4.98 Å². The molecule has 0 spiro atoms. The van der Waals surface area contributed by atoms with Gasteiger partial charge in [0.25, 0.3) is 0 Å². The Hall–Kier alpha value is -2.11. The summed E-state index contributed by atoms with van der Waals surface area (Å²) in [6, 6.07) is 10.6. The molecule has 0 aliphatic rings. The first-order valence-electron chi connectivity index (χ1n) is 8.83. The lowest BCUT2D eigenvalue weighted by Crippen LogP contribution is -2.07. The molecule has 3 aromatic rings. The van der Waals surface area contributed by atoms with E-state index in [-0.39, 0.29) is 12.5 Å². The van der Waals surface area contributed by atoms with Crippen LogP contribution in [0.5, 0.6) is 0 Å². The lowest BCUT2D eigenvalue weighted by atomic mass is 10.1. The van der Waals surface area contributed by atoms with Crippen molar-refractivity contribution in [2.75, 3.05) is 0 Å². The van der Waals surface area contributed by atoms with Crippen molar-refractivity contribution < 1.29 is 5.11 Å². The van der Waals surface area contributed by atoms with E-state index in [2.05, 4.69) is 55.4 Å². The second-order valence-electron chi connectivity index (χ2n) is 6.90. The van der Waals surface area contributed by atoms with E-state index in [0.717, 1.165) is 16.3 Å². The van der Waals surface area contributed by atoms with Gasteiger partial charge in [0.15, 0.2) is 0 Å². The number of benzene rings is 1. The number of nitrogens with zero attached hydrogens (tertiary/aromatic N) is 3. The van der Waals surface area contributed by atoms with E-state index < -0.39 is 0 Å².